The number of aryl methyl sites for hydroxylation is 1. The summed E-state index contributed by atoms with van der Waals surface area (Å²) in [6, 6.07) is 4.10. The summed E-state index contributed by atoms with van der Waals surface area (Å²) in [4.78, 5) is 0. The molecule has 2 rings (SSSR count). The molecule has 2 aromatic heterocycles. The van der Waals surface area contributed by atoms with Crippen LogP contribution in [0.5, 0.6) is 0 Å². The SMILES string of the molecule is CCc1nnc2c(C(C)CN)cccn12. The summed E-state index contributed by atoms with van der Waals surface area (Å²) in [5.74, 6) is 1.32. The van der Waals surface area contributed by atoms with E-state index in [2.05, 4.69) is 30.1 Å². The summed E-state index contributed by atoms with van der Waals surface area (Å²) < 4.78 is 2.04. The number of hydrogen-bond donors (Lipinski definition) is 1. The predicted molar refractivity (Wildman–Crippen MR) is 59.8 cm³/mol. The molecule has 4 nitrogen and oxygen atoms in total. The third kappa shape index (κ3) is 1.61. The van der Waals surface area contributed by atoms with Crippen molar-refractivity contribution in [1.82, 2.24) is 14.6 Å². The van der Waals surface area contributed by atoms with Gasteiger partial charge in [-0.3, -0.25) is 4.40 Å². The van der Waals surface area contributed by atoms with Gasteiger partial charge in [-0.25, -0.2) is 0 Å². The standard InChI is InChI=1S/C11H16N4/c1-3-10-13-14-11-9(8(2)7-12)5-4-6-15(10)11/h4-6,8H,3,7,12H2,1-2H3. The first kappa shape index (κ1) is 10.1. The van der Waals surface area contributed by atoms with Gasteiger partial charge >= 0.3 is 0 Å². The Bertz CT molecular complexity index is 461. The lowest BCUT2D eigenvalue weighted by atomic mass is 10.0. The molecule has 0 saturated carbocycles. The smallest absolute Gasteiger partial charge is 0.164 e. The van der Waals surface area contributed by atoms with Gasteiger partial charge in [0, 0.05) is 18.2 Å². The number of fused-ring (bicyclic) bond motifs is 1. The molecule has 0 aliphatic heterocycles. The van der Waals surface area contributed by atoms with Crippen LogP contribution in [0.4, 0.5) is 0 Å². The first-order chi connectivity index (χ1) is 7.27. The number of nitrogens with two attached hydrogens (primary N) is 1. The Kier molecular flexibility index (Phi) is 2.68. The monoisotopic (exact) mass is 204 g/mol. The fourth-order valence-corrected chi connectivity index (χ4v) is 1.74. The average Bonchev–Trinajstić information content (AvgIpc) is 2.70. The van der Waals surface area contributed by atoms with Crippen LogP contribution in [0.3, 0.4) is 0 Å². The number of nitrogens with zero attached hydrogens (tertiary/aromatic N) is 3. The molecule has 0 amide bonds. The lowest BCUT2D eigenvalue weighted by Crippen LogP contribution is -2.10. The van der Waals surface area contributed by atoms with E-state index in [9.17, 15) is 0 Å². The third-order valence-corrected chi connectivity index (χ3v) is 2.74. The molecule has 0 aromatic carbocycles. The second kappa shape index (κ2) is 3.98. The molecule has 2 aromatic rings. The van der Waals surface area contributed by atoms with Crippen molar-refractivity contribution >= 4 is 5.65 Å². The lowest BCUT2D eigenvalue weighted by Gasteiger charge is -2.09. The Morgan fingerprint density at radius 2 is 2.27 bits per heavy atom. The minimum atomic E-state index is 0.322. The molecule has 1 atom stereocenters. The van der Waals surface area contributed by atoms with Crippen molar-refractivity contribution in [2.24, 2.45) is 5.73 Å². The van der Waals surface area contributed by atoms with E-state index in [0.717, 1.165) is 17.9 Å². The Hall–Kier alpha value is -1.42. The number of pyridine rings is 1. The van der Waals surface area contributed by atoms with E-state index in [1.54, 1.807) is 0 Å². The molecule has 0 radical (unpaired) electrons. The molecule has 0 aliphatic rings. The molecule has 80 valence electrons. The molecular formula is C11H16N4. The van der Waals surface area contributed by atoms with Gasteiger partial charge in [-0.1, -0.05) is 19.9 Å². The van der Waals surface area contributed by atoms with Gasteiger partial charge in [-0.05, 0) is 18.5 Å². The molecule has 2 N–H and O–H groups in total. The molecular weight excluding hydrogens is 188 g/mol. The fraction of sp³-hybridized carbons (Fsp3) is 0.455. The maximum absolute atomic E-state index is 5.68. The molecule has 2 heterocycles. The van der Waals surface area contributed by atoms with Gasteiger partial charge in [0.25, 0.3) is 0 Å². The van der Waals surface area contributed by atoms with Gasteiger partial charge in [-0.15, -0.1) is 10.2 Å². The summed E-state index contributed by atoms with van der Waals surface area (Å²) in [7, 11) is 0. The van der Waals surface area contributed by atoms with Crippen molar-refractivity contribution in [3.8, 4) is 0 Å². The van der Waals surface area contributed by atoms with Crippen LogP contribution in [0.1, 0.15) is 31.2 Å². The van der Waals surface area contributed by atoms with E-state index >= 15 is 0 Å². The second-order valence-corrected chi connectivity index (χ2v) is 3.76. The fourth-order valence-electron chi connectivity index (χ4n) is 1.74. The van der Waals surface area contributed by atoms with E-state index in [1.807, 2.05) is 16.7 Å². The van der Waals surface area contributed by atoms with Gasteiger partial charge < -0.3 is 5.73 Å². The zero-order valence-electron chi connectivity index (χ0n) is 9.14. The summed E-state index contributed by atoms with van der Waals surface area (Å²) in [6.07, 6.45) is 2.89. The van der Waals surface area contributed by atoms with Crippen molar-refractivity contribution in [1.29, 1.82) is 0 Å². The van der Waals surface area contributed by atoms with E-state index in [-0.39, 0.29) is 0 Å². The highest BCUT2D eigenvalue weighted by atomic mass is 15.2. The van der Waals surface area contributed by atoms with E-state index < -0.39 is 0 Å². The Morgan fingerprint density at radius 3 is 2.93 bits per heavy atom. The minimum Gasteiger partial charge on any atom is -0.330 e. The van der Waals surface area contributed by atoms with Crippen molar-refractivity contribution in [3.63, 3.8) is 0 Å². The average molecular weight is 204 g/mol. The summed E-state index contributed by atoms with van der Waals surface area (Å²) in [6.45, 7) is 4.82. The minimum absolute atomic E-state index is 0.322. The Labute approximate surface area is 89.1 Å². The maximum Gasteiger partial charge on any atom is 0.164 e. The van der Waals surface area contributed by atoms with E-state index in [1.165, 1.54) is 5.56 Å². The van der Waals surface area contributed by atoms with Gasteiger partial charge in [-0.2, -0.15) is 0 Å². The lowest BCUT2D eigenvalue weighted by molar-refractivity contribution is 0.772. The van der Waals surface area contributed by atoms with Crippen LogP contribution in [0, 0.1) is 0 Å². The molecule has 1 unspecified atom stereocenters. The molecule has 4 heteroatoms. The highest BCUT2D eigenvalue weighted by Gasteiger charge is 2.11. The molecule has 0 bridgehead atoms. The normalized spacial score (nSPS) is 13.3. The highest BCUT2D eigenvalue weighted by Crippen LogP contribution is 2.19. The van der Waals surface area contributed by atoms with Crippen molar-refractivity contribution < 1.29 is 0 Å². The number of rotatable bonds is 3. The predicted octanol–water partition coefficient (Wildman–Crippen LogP) is 1.35. The van der Waals surface area contributed by atoms with Crippen LogP contribution in [-0.2, 0) is 6.42 Å². The molecule has 0 aliphatic carbocycles. The third-order valence-electron chi connectivity index (χ3n) is 2.74. The van der Waals surface area contributed by atoms with Crippen molar-refractivity contribution in [2.45, 2.75) is 26.2 Å². The van der Waals surface area contributed by atoms with Gasteiger partial charge in [0.05, 0.1) is 0 Å². The quantitative estimate of drug-likeness (QED) is 0.821. The molecule has 0 spiro atoms. The van der Waals surface area contributed by atoms with Crippen LogP contribution >= 0.6 is 0 Å². The second-order valence-electron chi connectivity index (χ2n) is 3.76. The largest absolute Gasteiger partial charge is 0.330 e. The zero-order chi connectivity index (χ0) is 10.8. The first-order valence-electron chi connectivity index (χ1n) is 5.30. The van der Waals surface area contributed by atoms with Crippen molar-refractivity contribution in [3.05, 3.63) is 29.7 Å². The topological polar surface area (TPSA) is 56.2 Å². The van der Waals surface area contributed by atoms with Crippen LogP contribution < -0.4 is 5.73 Å². The molecule has 0 saturated heterocycles. The first-order valence-corrected chi connectivity index (χ1v) is 5.30. The van der Waals surface area contributed by atoms with Crippen molar-refractivity contribution in [2.75, 3.05) is 6.54 Å². The Morgan fingerprint density at radius 1 is 1.47 bits per heavy atom. The Balaban J connectivity index is 2.61. The van der Waals surface area contributed by atoms with Crippen LogP contribution in [0.15, 0.2) is 18.3 Å². The van der Waals surface area contributed by atoms with Gasteiger partial charge in [0.2, 0.25) is 0 Å². The number of hydrogen-bond acceptors (Lipinski definition) is 3. The van der Waals surface area contributed by atoms with Crippen LogP contribution in [0.2, 0.25) is 0 Å². The van der Waals surface area contributed by atoms with Gasteiger partial charge in [0.1, 0.15) is 5.82 Å². The number of aromatic nitrogens is 3. The van der Waals surface area contributed by atoms with E-state index in [4.69, 9.17) is 5.73 Å². The summed E-state index contributed by atoms with van der Waals surface area (Å²) >= 11 is 0. The molecule has 0 fully saturated rings. The highest BCUT2D eigenvalue weighted by molar-refractivity contribution is 5.49. The summed E-state index contributed by atoms with van der Waals surface area (Å²) in [5.41, 5.74) is 7.79. The maximum atomic E-state index is 5.68. The van der Waals surface area contributed by atoms with Crippen LogP contribution in [0.25, 0.3) is 5.65 Å². The summed E-state index contributed by atoms with van der Waals surface area (Å²) in [5, 5.41) is 8.38. The van der Waals surface area contributed by atoms with Crippen LogP contribution in [-0.4, -0.2) is 21.1 Å². The van der Waals surface area contributed by atoms with Gasteiger partial charge in [0.15, 0.2) is 5.65 Å². The zero-order valence-corrected chi connectivity index (χ0v) is 9.14. The van der Waals surface area contributed by atoms with E-state index in [0.29, 0.717) is 12.5 Å². The molecule has 15 heavy (non-hydrogen) atoms.